The van der Waals surface area contributed by atoms with E-state index >= 15 is 0 Å². The topological polar surface area (TPSA) is 90.7 Å². The van der Waals surface area contributed by atoms with E-state index in [4.69, 9.17) is 14.6 Å². The fraction of sp³-hybridized carbons (Fsp3) is 0.346. The predicted molar refractivity (Wildman–Crippen MR) is 124 cm³/mol. The second kappa shape index (κ2) is 9.48. The highest BCUT2D eigenvalue weighted by Crippen LogP contribution is 2.23. The Labute approximate surface area is 194 Å². The minimum Gasteiger partial charge on any atom is -0.478 e. The second-order valence-corrected chi connectivity index (χ2v) is 9.51. The van der Waals surface area contributed by atoms with Crippen molar-refractivity contribution in [2.45, 2.75) is 58.8 Å². The van der Waals surface area contributed by atoms with E-state index in [1.165, 1.54) is 19.4 Å². The molecule has 3 aromatic rings. The molecule has 3 rings (SSSR count). The van der Waals surface area contributed by atoms with Crippen LogP contribution >= 0.6 is 0 Å². The van der Waals surface area contributed by atoms with Crippen molar-refractivity contribution in [3.8, 4) is 5.75 Å². The quantitative estimate of drug-likeness (QED) is 0.495. The van der Waals surface area contributed by atoms with Gasteiger partial charge in [-0.2, -0.15) is 5.10 Å². The minimum absolute atomic E-state index is 0.103. The molecule has 2 aromatic carbocycles. The molecular weight excluding hydrogens is 420 g/mol. The van der Waals surface area contributed by atoms with Crippen molar-refractivity contribution < 1.29 is 24.2 Å². The molecule has 174 valence electrons. The van der Waals surface area contributed by atoms with Crippen LogP contribution < -0.4 is 4.74 Å². The summed E-state index contributed by atoms with van der Waals surface area (Å²) in [6.45, 7) is 10.2. The van der Waals surface area contributed by atoms with Gasteiger partial charge in [0.1, 0.15) is 12.4 Å². The molecule has 0 saturated heterocycles. The highest BCUT2D eigenvalue weighted by molar-refractivity contribution is 5.89. The SMILES string of the molecule is CC(C)(Oc1ccc(C(=O)OCc2cnn(Cc3ccc(C(C)(C)C)cc3)c2)cc1)C(=O)O. The highest BCUT2D eigenvalue weighted by Gasteiger charge is 2.29. The van der Waals surface area contributed by atoms with Crippen molar-refractivity contribution in [1.82, 2.24) is 9.78 Å². The van der Waals surface area contributed by atoms with Gasteiger partial charge in [0.05, 0.1) is 18.3 Å². The zero-order chi connectivity index (χ0) is 24.2. The van der Waals surface area contributed by atoms with Gasteiger partial charge in [0.25, 0.3) is 0 Å². The molecular formula is C26H30N2O5. The number of carboxylic acids is 1. The number of ether oxygens (including phenoxy) is 2. The van der Waals surface area contributed by atoms with E-state index in [2.05, 4.69) is 50.1 Å². The molecule has 0 amide bonds. The third-order valence-corrected chi connectivity index (χ3v) is 5.20. The lowest BCUT2D eigenvalue weighted by molar-refractivity contribution is -0.152. The largest absolute Gasteiger partial charge is 0.478 e. The van der Waals surface area contributed by atoms with E-state index in [9.17, 15) is 9.59 Å². The van der Waals surface area contributed by atoms with Crippen molar-refractivity contribution in [3.63, 3.8) is 0 Å². The molecule has 7 nitrogen and oxygen atoms in total. The molecule has 1 N–H and O–H groups in total. The van der Waals surface area contributed by atoms with Gasteiger partial charge in [0.15, 0.2) is 5.60 Å². The van der Waals surface area contributed by atoms with Crippen LogP contribution in [0.25, 0.3) is 0 Å². The van der Waals surface area contributed by atoms with Crippen molar-refractivity contribution >= 4 is 11.9 Å². The number of nitrogens with zero attached hydrogens (tertiary/aromatic N) is 2. The number of carbonyl (C=O) groups excluding carboxylic acids is 1. The molecule has 0 aliphatic rings. The van der Waals surface area contributed by atoms with E-state index in [0.717, 1.165) is 11.1 Å². The molecule has 0 radical (unpaired) electrons. The smallest absolute Gasteiger partial charge is 0.347 e. The first kappa shape index (κ1) is 24.0. The van der Waals surface area contributed by atoms with E-state index in [0.29, 0.717) is 17.9 Å². The van der Waals surface area contributed by atoms with Crippen LogP contribution in [0.2, 0.25) is 0 Å². The summed E-state index contributed by atoms with van der Waals surface area (Å²) in [5.74, 6) is -1.20. The van der Waals surface area contributed by atoms with Crippen molar-refractivity contribution in [2.75, 3.05) is 0 Å². The van der Waals surface area contributed by atoms with E-state index in [1.54, 1.807) is 30.5 Å². The summed E-state index contributed by atoms with van der Waals surface area (Å²) < 4.78 is 12.6. The van der Waals surface area contributed by atoms with Crippen molar-refractivity contribution in [2.24, 2.45) is 0 Å². The molecule has 7 heteroatoms. The standard InChI is InChI=1S/C26H30N2O5/c1-25(2,3)21-10-6-18(7-11-21)15-28-16-19(14-27-28)17-32-23(29)20-8-12-22(13-9-20)33-26(4,5)24(30)31/h6-14,16H,15,17H2,1-5H3,(H,30,31). The lowest BCUT2D eigenvalue weighted by atomic mass is 9.87. The summed E-state index contributed by atoms with van der Waals surface area (Å²) in [4.78, 5) is 23.5. The minimum atomic E-state index is -1.36. The van der Waals surface area contributed by atoms with E-state index in [-0.39, 0.29) is 12.0 Å². The maximum Gasteiger partial charge on any atom is 0.347 e. The van der Waals surface area contributed by atoms with E-state index in [1.807, 2.05) is 10.9 Å². The highest BCUT2D eigenvalue weighted by atomic mass is 16.5. The van der Waals surface area contributed by atoms with Gasteiger partial charge in [-0.05, 0) is 54.7 Å². The summed E-state index contributed by atoms with van der Waals surface area (Å²) in [6, 6.07) is 14.7. The summed E-state index contributed by atoms with van der Waals surface area (Å²) in [6.07, 6.45) is 3.54. The summed E-state index contributed by atoms with van der Waals surface area (Å²) >= 11 is 0. The average molecular weight is 451 g/mol. The maximum atomic E-state index is 12.3. The molecule has 0 aliphatic carbocycles. The Morgan fingerprint density at radius 3 is 2.15 bits per heavy atom. The molecule has 0 fully saturated rings. The summed E-state index contributed by atoms with van der Waals surface area (Å²) in [7, 11) is 0. The lowest BCUT2D eigenvalue weighted by Gasteiger charge is -2.21. The monoisotopic (exact) mass is 450 g/mol. The maximum absolute atomic E-state index is 12.3. The fourth-order valence-corrected chi connectivity index (χ4v) is 3.09. The third-order valence-electron chi connectivity index (χ3n) is 5.20. The van der Waals surface area contributed by atoms with Crippen LogP contribution in [0.15, 0.2) is 60.9 Å². The van der Waals surface area contributed by atoms with E-state index < -0.39 is 17.5 Å². The Morgan fingerprint density at radius 2 is 1.58 bits per heavy atom. The molecule has 33 heavy (non-hydrogen) atoms. The number of hydrogen-bond donors (Lipinski definition) is 1. The number of rotatable bonds is 8. The molecule has 0 aliphatic heterocycles. The van der Waals surface area contributed by atoms with Gasteiger partial charge in [-0.15, -0.1) is 0 Å². The molecule has 0 atom stereocenters. The van der Waals surface area contributed by atoms with Gasteiger partial charge >= 0.3 is 11.9 Å². The van der Waals surface area contributed by atoms with Gasteiger partial charge in [0, 0.05) is 11.8 Å². The Kier molecular flexibility index (Phi) is 6.91. The summed E-state index contributed by atoms with van der Waals surface area (Å²) in [5, 5.41) is 13.5. The second-order valence-electron chi connectivity index (χ2n) is 9.51. The van der Waals surface area contributed by atoms with Crippen LogP contribution in [0, 0.1) is 0 Å². The number of hydrogen-bond acceptors (Lipinski definition) is 5. The van der Waals surface area contributed by atoms with Gasteiger partial charge in [-0.3, -0.25) is 4.68 Å². The number of carbonyl (C=O) groups is 2. The molecule has 0 unspecified atom stereocenters. The van der Waals surface area contributed by atoms with Crippen LogP contribution in [0.4, 0.5) is 0 Å². The number of esters is 1. The normalized spacial score (nSPS) is 11.8. The first-order valence-corrected chi connectivity index (χ1v) is 10.7. The zero-order valence-corrected chi connectivity index (χ0v) is 19.7. The van der Waals surface area contributed by atoms with Crippen LogP contribution in [0.1, 0.15) is 61.7 Å². The first-order valence-electron chi connectivity index (χ1n) is 10.7. The zero-order valence-electron chi connectivity index (χ0n) is 19.7. The Hall–Kier alpha value is -3.61. The average Bonchev–Trinajstić information content (AvgIpc) is 3.19. The van der Waals surface area contributed by atoms with Crippen LogP contribution in [0.3, 0.4) is 0 Å². The number of carboxylic acid groups (broad SMARTS) is 1. The molecule has 0 spiro atoms. The predicted octanol–water partition coefficient (Wildman–Crippen LogP) is 4.83. The number of aliphatic carboxylic acids is 1. The van der Waals surface area contributed by atoms with Gasteiger partial charge in [-0.25, -0.2) is 9.59 Å². The van der Waals surface area contributed by atoms with Crippen LogP contribution in [-0.4, -0.2) is 32.4 Å². The third kappa shape index (κ3) is 6.44. The molecule has 0 bridgehead atoms. The van der Waals surface area contributed by atoms with Gasteiger partial charge in [-0.1, -0.05) is 45.0 Å². The Bertz CT molecular complexity index is 1110. The fourth-order valence-electron chi connectivity index (χ4n) is 3.09. The molecule has 1 aromatic heterocycles. The molecule has 0 saturated carbocycles. The number of aromatic nitrogens is 2. The van der Waals surface area contributed by atoms with Crippen LogP contribution in [0.5, 0.6) is 5.75 Å². The van der Waals surface area contributed by atoms with Gasteiger partial charge in [0.2, 0.25) is 0 Å². The number of benzene rings is 2. The first-order chi connectivity index (χ1) is 15.4. The van der Waals surface area contributed by atoms with Crippen LogP contribution in [-0.2, 0) is 28.1 Å². The Morgan fingerprint density at radius 1 is 0.939 bits per heavy atom. The Balaban J connectivity index is 1.53. The lowest BCUT2D eigenvalue weighted by Crippen LogP contribution is -2.37. The molecule has 1 heterocycles. The summed E-state index contributed by atoms with van der Waals surface area (Å²) in [5.41, 5.74) is 2.31. The van der Waals surface area contributed by atoms with Crippen molar-refractivity contribution in [1.29, 1.82) is 0 Å². The van der Waals surface area contributed by atoms with Crippen molar-refractivity contribution in [3.05, 3.63) is 83.2 Å². The van der Waals surface area contributed by atoms with Gasteiger partial charge < -0.3 is 14.6 Å².